The molecule has 4 rings (SSSR count). The molecule has 0 fully saturated rings. The first-order valence-corrected chi connectivity index (χ1v) is 13.2. The first-order chi connectivity index (χ1) is 18.3. The van der Waals surface area contributed by atoms with Crippen LogP contribution in [0, 0.1) is 0 Å². The molecule has 0 aliphatic carbocycles. The van der Waals surface area contributed by atoms with E-state index in [-0.39, 0.29) is 16.5 Å². The third-order valence-corrected chi connectivity index (χ3v) is 7.94. The Morgan fingerprint density at radius 1 is 0.921 bits per heavy atom. The molecule has 1 N–H and O–H groups in total. The molecule has 0 bridgehead atoms. The Morgan fingerprint density at radius 2 is 1.58 bits per heavy atom. The molecule has 1 heterocycles. The van der Waals surface area contributed by atoms with Crippen LogP contribution in [-0.4, -0.2) is 36.7 Å². The summed E-state index contributed by atoms with van der Waals surface area (Å²) in [6.45, 7) is 1.26. The lowest BCUT2D eigenvalue weighted by atomic mass is 10.0. The number of benzene rings is 3. The summed E-state index contributed by atoms with van der Waals surface area (Å²) in [5.74, 6) is -1.77. The van der Waals surface area contributed by atoms with Crippen molar-refractivity contribution < 1.29 is 29.0 Å². The van der Waals surface area contributed by atoms with E-state index >= 15 is 0 Å². The van der Waals surface area contributed by atoms with E-state index < -0.39 is 18.5 Å². The van der Waals surface area contributed by atoms with E-state index in [2.05, 4.69) is 15.9 Å². The number of carboxylic acid groups (broad SMARTS) is 1. The van der Waals surface area contributed by atoms with Crippen LogP contribution < -0.4 is 9.64 Å². The normalized spacial score (nSPS) is 10.6. The van der Waals surface area contributed by atoms with Gasteiger partial charge < -0.3 is 19.5 Å². The highest BCUT2D eigenvalue weighted by Gasteiger charge is 2.25. The molecular weight excluding hydrogens is 570 g/mol. The van der Waals surface area contributed by atoms with E-state index in [0.29, 0.717) is 15.9 Å². The second kappa shape index (κ2) is 12.1. The lowest BCUT2D eigenvalue weighted by molar-refractivity contribution is -0.139. The zero-order valence-electron chi connectivity index (χ0n) is 20.6. The van der Waals surface area contributed by atoms with Gasteiger partial charge in [-0.3, -0.25) is 4.79 Å². The second-order valence-electron chi connectivity index (χ2n) is 8.30. The van der Waals surface area contributed by atoms with Crippen molar-refractivity contribution in [1.29, 1.82) is 0 Å². The average Bonchev–Trinajstić information content (AvgIpc) is 3.26. The molecule has 0 saturated carbocycles. The minimum absolute atomic E-state index is 0.0995. The van der Waals surface area contributed by atoms with Crippen LogP contribution in [0.2, 0.25) is 0 Å². The van der Waals surface area contributed by atoms with Crippen molar-refractivity contribution in [2.24, 2.45) is 0 Å². The molecule has 7 nitrogen and oxygen atoms in total. The van der Waals surface area contributed by atoms with Gasteiger partial charge in [0.05, 0.1) is 23.0 Å². The van der Waals surface area contributed by atoms with Crippen LogP contribution in [-0.2, 0) is 20.9 Å². The van der Waals surface area contributed by atoms with Gasteiger partial charge in [0, 0.05) is 12.6 Å². The monoisotopic (exact) mass is 593 g/mol. The molecule has 0 saturated heterocycles. The Labute approximate surface area is 232 Å². The number of hydrogen-bond acceptors (Lipinski definition) is 6. The van der Waals surface area contributed by atoms with Crippen LogP contribution in [0.3, 0.4) is 0 Å². The molecule has 0 unspecified atom stereocenters. The van der Waals surface area contributed by atoms with Gasteiger partial charge in [-0.2, -0.15) is 0 Å². The zero-order chi connectivity index (χ0) is 27.2. The first kappa shape index (κ1) is 27.1. The second-order valence-corrected chi connectivity index (χ2v) is 10.1. The third-order valence-electron chi connectivity index (χ3n) is 5.72. The fraction of sp³-hybridized carbons (Fsp3) is 0.138. The summed E-state index contributed by atoms with van der Waals surface area (Å²) in [7, 11) is 1.25. The fourth-order valence-corrected chi connectivity index (χ4v) is 5.88. The Hall–Kier alpha value is -3.95. The van der Waals surface area contributed by atoms with Gasteiger partial charge in [-0.15, -0.1) is 11.3 Å². The SMILES string of the molecule is COC(=O)c1sc(-c2cccc(CN(C(C)=O)c3ccc(-c4ccccc4)cc3)c2)c(Br)c1OCC(=O)O. The van der Waals surface area contributed by atoms with E-state index in [9.17, 15) is 14.4 Å². The number of carboxylic acids is 1. The molecule has 0 atom stereocenters. The van der Waals surface area contributed by atoms with Crippen LogP contribution in [0.4, 0.5) is 5.69 Å². The Bertz CT molecular complexity index is 1470. The van der Waals surface area contributed by atoms with Gasteiger partial charge in [0.1, 0.15) is 0 Å². The predicted octanol–water partition coefficient (Wildman–Crippen LogP) is 6.65. The van der Waals surface area contributed by atoms with Gasteiger partial charge in [0.15, 0.2) is 17.2 Å². The third kappa shape index (κ3) is 6.12. The molecule has 0 aliphatic heterocycles. The summed E-state index contributed by atoms with van der Waals surface area (Å²) < 4.78 is 10.7. The molecule has 0 spiro atoms. The molecular formula is C29H24BrNO6S. The quantitative estimate of drug-likeness (QED) is 0.218. The summed E-state index contributed by atoms with van der Waals surface area (Å²) in [4.78, 5) is 38.5. The number of hydrogen-bond donors (Lipinski definition) is 1. The van der Waals surface area contributed by atoms with Crippen LogP contribution in [0.25, 0.3) is 21.6 Å². The maximum atomic E-state index is 12.6. The van der Waals surface area contributed by atoms with Crippen molar-refractivity contribution in [2.45, 2.75) is 13.5 Å². The predicted molar refractivity (Wildman–Crippen MR) is 151 cm³/mol. The Balaban J connectivity index is 1.63. The average molecular weight is 594 g/mol. The zero-order valence-corrected chi connectivity index (χ0v) is 23.0. The van der Waals surface area contributed by atoms with E-state index in [1.165, 1.54) is 14.0 Å². The Kier molecular flexibility index (Phi) is 8.60. The topological polar surface area (TPSA) is 93.1 Å². The van der Waals surface area contributed by atoms with E-state index in [1.54, 1.807) is 4.90 Å². The maximum Gasteiger partial charge on any atom is 0.351 e. The number of aliphatic carboxylic acids is 1. The van der Waals surface area contributed by atoms with E-state index in [0.717, 1.165) is 39.3 Å². The minimum atomic E-state index is -1.16. The molecule has 9 heteroatoms. The van der Waals surface area contributed by atoms with Crippen LogP contribution in [0.15, 0.2) is 83.3 Å². The number of thiophene rings is 1. The van der Waals surface area contributed by atoms with E-state index in [1.807, 2.05) is 78.9 Å². The van der Waals surface area contributed by atoms with Crippen LogP contribution in [0.5, 0.6) is 5.75 Å². The van der Waals surface area contributed by atoms with Gasteiger partial charge in [0.2, 0.25) is 5.91 Å². The fourth-order valence-electron chi connectivity index (χ4n) is 3.91. The van der Waals surface area contributed by atoms with Crippen molar-refractivity contribution in [3.05, 3.63) is 93.8 Å². The van der Waals surface area contributed by atoms with Gasteiger partial charge >= 0.3 is 11.9 Å². The number of methoxy groups -OCH3 is 1. The number of halogens is 1. The van der Waals surface area contributed by atoms with Gasteiger partial charge in [-0.25, -0.2) is 9.59 Å². The molecule has 194 valence electrons. The van der Waals surface area contributed by atoms with Crippen molar-refractivity contribution in [2.75, 3.05) is 18.6 Å². The Morgan fingerprint density at radius 3 is 2.21 bits per heavy atom. The van der Waals surface area contributed by atoms with Crippen LogP contribution in [0.1, 0.15) is 22.2 Å². The van der Waals surface area contributed by atoms with Crippen molar-refractivity contribution in [3.63, 3.8) is 0 Å². The number of carbonyl (C=O) groups is 3. The van der Waals surface area contributed by atoms with Gasteiger partial charge in [-0.1, -0.05) is 60.7 Å². The lowest BCUT2D eigenvalue weighted by Gasteiger charge is -2.22. The summed E-state index contributed by atoms with van der Waals surface area (Å²) >= 11 is 4.60. The smallest absolute Gasteiger partial charge is 0.351 e. The number of rotatable bonds is 9. The first-order valence-electron chi connectivity index (χ1n) is 11.6. The molecule has 3 aromatic carbocycles. The summed E-state index contributed by atoms with van der Waals surface area (Å²) in [5, 5.41) is 9.02. The maximum absolute atomic E-state index is 12.6. The number of carbonyl (C=O) groups excluding carboxylic acids is 2. The highest BCUT2D eigenvalue weighted by molar-refractivity contribution is 9.10. The van der Waals surface area contributed by atoms with Crippen molar-refractivity contribution in [3.8, 4) is 27.3 Å². The highest BCUT2D eigenvalue weighted by Crippen LogP contribution is 2.46. The van der Waals surface area contributed by atoms with Crippen LogP contribution >= 0.6 is 27.3 Å². The summed E-state index contributed by atoms with van der Waals surface area (Å²) in [5.41, 5.74) is 4.58. The standard InChI is InChI=1S/C29H24BrNO6S/c1-18(32)31(23-13-11-21(12-14-23)20-8-4-3-5-9-20)16-19-7-6-10-22(15-19)27-25(30)26(37-17-24(33)34)28(38-27)29(35)36-2/h3-15H,16-17H2,1-2H3,(H,33,34). The summed E-state index contributed by atoms with van der Waals surface area (Å²) in [6.07, 6.45) is 0. The van der Waals surface area contributed by atoms with Gasteiger partial charge in [-0.05, 0) is 56.4 Å². The molecule has 0 aliphatic rings. The molecule has 4 aromatic rings. The van der Waals surface area contributed by atoms with Crippen molar-refractivity contribution in [1.82, 2.24) is 0 Å². The number of esters is 1. The molecule has 1 amide bonds. The number of anilines is 1. The molecule has 38 heavy (non-hydrogen) atoms. The molecule has 1 aromatic heterocycles. The number of nitrogens with zero attached hydrogens (tertiary/aromatic N) is 1. The largest absolute Gasteiger partial charge is 0.479 e. The summed E-state index contributed by atoms with van der Waals surface area (Å²) in [6, 6.07) is 25.4. The number of amides is 1. The highest BCUT2D eigenvalue weighted by atomic mass is 79.9. The van der Waals surface area contributed by atoms with Gasteiger partial charge in [0.25, 0.3) is 0 Å². The van der Waals surface area contributed by atoms with Crippen molar-refractivity contribution >= 4 is 50.8 Å². The van der Waals surface area contributed by atoms with E-state index in [4.69, 9.17) is 14.6 Å². The number of ether oxygens (including phenoxy) is 2. The minimum Gasteiger partial charge on any atom is -0.479 e. The molecule has 0 radical (unpaired) electrons. The lowest BCUT2D eigenvalue weighted by Crippen LogP contribution is -2.27.